The Morgan fingerprint density at radius 3 is 2.71 bits per heavy atom. The lowest BCUT2D eigenvalue weighted by atomic mass is 10.2. The Morgan fingerprint density at radius 2 is 1.86 bits per heavy atom. The first kappa shape index (κ1) is 18.9. The van der Waals surface area contributed by atoms with Crippen LogP contribution in [0.2, 0.25) is 0 Å². The third-order valence-electron chi connectivity index (χ3n) is 5.36. The Hall–Kier alpha value is -2.44. The summed E-state index contributed by atoms with van der Waals surface area (Å²) in [5.74, 6) is 1.30. The van der Waals surface area contributed by atoms with Crippen molar-refractivity contribution >= 4 is 11.0 Å². The molecule has 1 saturated heterocycles. The van der Waals surface area contributed by atoms with E-state index in [1.54, 1.807) is 6.07 Å². The quantitative estimate of drug-likeness (QED) is 0.638. The Labute approximate surface area is 165 Å². The second-order valence-electron chi connectivity index (χ2n) is 7.43. The molecule has 1 N–H and O–H groups in total. The average molecular weight is 380 g/mol. The van der Waals surface area contributed by atoms with Gasteiger partial charge in [0.05, 0.1) is 30.8 Å². The molecule has 3 aromatic rings. The first-order valence-electron chi connectivity index (χ1n) is 10.1. The van der Waals surface area contributed by atoms with Crippen molar-refractivity contribution in [3.05, 3.63) is 53.6 Å². The monoisotopic (exact) mass is 380 g/mol. The number of benzene rings is 1. The number of para-hydroxylation sites is 2. The molecule has 4 rings (SSSR count). The zero-order chi connectivity index (χ0) is 19.3. The Morgan fingerprint density at radius 1 is 1.04 bits per heavy atom. The van der Waals surface area contributed by atoms with Crippen LogP contribution in [-0.4, -0.2) is 57.4 Å². The molecule has 0 aliphatic carbocycles. The molecule has 148 valence electrons. The van der Waals surface area contributed by atoms with E-state index < -0.39 is 0 Å². The van der Waals surface area contributed by atoms with E-state index in [0.29, 0.717) is 12.2 Å². The fourth-order valence-corrected chi connectivity index (χ4v) is 3.81. The largest absolute Gasteiger partial charge is 0.506 e. The molecule has 0 bridgehead atoms. The molecule has 6 heteroatoms. The van der Waals surface area contributed by atoms with E-state index in [4.69, 9.17) is 9.72 Å². The number of aryl methyl sites for hydroxylation is 2. The minimum absolute atomic E-state index is 0.238. The van der Waals surface area contributed by atoms with Crippen molar-refractivity contribution in [2.75, 3.05) is 32.8 Å². The number of ether oxygens (including phenoxy) is 1. The lowest BCUT2D eigenvalue weighted by Gasteiger charge is -2.26. The highest BCUT2D eigenvalue weighted by Gasteiger charge is 2.14. The summed E-state index contributed by atoms with van der Waals surface area (Å²) < 4.78 is 7.62. The van der Waals surface area contributed by atoms with Crippen LogP contribution < -0.4 is 0 Å². The van der Waals surface area contributed by atoms with Gasteiger partial charge in [-0.05, 0) is 50.6 Å². The number of unbranched alkanes of at least 4 members (excludes halogenated alkanes) is 1. The summed E-state index contributed by atoms with van der Waals surface area (Å²) >= 11 is 0. The molecule has 0 unspecified atom stereocenters. The van der Waals surface area contributed by atoms with Crippen molar-refractivity contribution in [3.8, 4) is 5.75 Å². The predicted molar refractivity (Wildman–Crippen MR) is 110 cm³/mol. The minimum atomic E-state index is 0.238. The summed E-state index contributed by atoms with van der Waals surface area (Å²) in [6.07, 6.45) is 3.16. The summed E-state index contributed by atoms with van der Waals surface area (Å²) in [7, 11) is 0. The van der Waals surface area contributed by atoms with Gasteiger partial charge in [-0.3, -0.25) is 9.88 Å². The number of aromatic nitrogens is 3. The lowest BCUT2D eigenvalue weighted by Crippen LogP contribution is -2.36. The number of fused-ring (bicyclic) bond motifs is 1. The molecule has 0 saturated carbocycles. The van der Waals surface area contributed by atoms with Crippen LogP contribution in [0.15, 0.2) is 36.4 Å². The molecular formula is C22H28N4O2. The number of hydrogen-bond acceptors (Lipinski definition) is 5. The van der Waals surface area contributed by atoms with Gasteiger partial charge >= 0.3 is 0 Å². The van der Waals surface area contributed by atoms with Crippen LogP contribution >= 0.6 is 0 Å². The number of hydrogen-bond donors (Lipinski definition) is 1. The SMILES string of the molecule is Cc1ccc(O)c(Cn2c(CCCCN3CCOCC3)nc3ccccc32)n1. The summed E-state index contributed by atoms with van der Waals surface area (Å²) in [5.41, 5.74) is 3.69. The van der Waals surface area contributed by atoms with Crippen LogP contribution in [0.1, 0.15) is 30.1 Å². The third kappa shape index (κ3) is 4.34. The number of morpholine rings is 1. The Kier molecular flexibility index (Phi) is 5.88. The van der Waals surface area contributed by atoms with E-state index in [1.807, 2.05) is 31.2 Å². The van der Waals surface area contributed by atoms with Gasteiger partial charge < -0.3 is 14.4 Å². The standard InChI is InChI=1S/C22H28N4O2/c1-17-9-10-21(27)19(23-17)16-26-20-7-3-2-6-18(20)24-22(26)8-4-5-11-25-12-14-28-15-13-25/h2-3,6-7,9-10,27H,4-5,8,11-16H2,1H3. The zero-order valence-corrected chi connectivity index (χ0v) is 16.5. The van der Waals surface area contributed by atoms with Crippen molar-refractivity contribution in [1.29, 1.82) is 0 Å². The van der Waals surface area contributed by atoms with Gasteiger partial charge in [0.15, 0.2) is 0 Å². The molecular weight excluding hydrogens is 352 g/mol. The normalized spacial score (nSPS) is 15.3. The van der Waals surface area contributed by atoms with Crippen LogP contribution in [0.25, 0.3) is 11.0 Å². The molecule has 0 radical (unpaired) electrons. The second kappa shape index (κ2) is 8.71. The molecule has 1 aromatic carbocycles. The van der Waals surface area contributed by atoms with Crippen LogP contribution in [-0.2, 0) is 17.7 Å². The maximum absolute atomic E-state index is 10.2. The maximum atomic E-state index is 10.2. The van der Waals surface area contributed by atoms with Gasteiger partial charge in [-0.15, -0.1) is 0 Å². The molecule has 2 aromatic heterocycles. The van der Waals surface area contributed by atoms with E-state index in [-0.39, 0.29) is 5.75 Å². The van der Waals surface area contributed by atoms with Gasteiger partial charge in [0, 0.05) is 25.2 Å². The summed E-state index contributed by atoms with van der Waals surface area (Å²) in [6.45, 7) is 7.37. The minimum Gasteiger partial charge on any atom is -0.506 e. The number of imidazole rings is 1. The highest BCUT2D eigenvalue weighted by atomic mass is 16.5. The van der Waals surface area contributed by atoms with Gasteiger partial charge in [-0.1, -0.05) is 12.1 Å². The molecule has 1 aliphatic heterocycles. The topological polar surface area (TPSA) is 63.4 Å². The molecule has 1 aliphatic rings. The first-order valence-corrected chi connectivity index (χ1v) is 10.1. The Balaban J connectivity index is 1.49. The predicted octanol–water partition coefficient (Wildman–Crippen LogP) is 3.15. The van der Waals surface area contributed by atoms with Gasteiger partial charge in [0.2, 0.25) is 0 Å². The second-order valence-corrected chi connectivity index (χ2v) is 7.43. The molecule has 3 heterocycles. The van der Waals surface area contributed by atoms with Crippen molar-refractivity contribution < 1.29 is 9.84 Å². The molecule has 6 nitrogen and oxygen atoms in total. The molecule has 1 fully saturated rings. The Bertz CT molecular complexity index is 931. The van der Waals surface area contributed by atoms with Crippen LogP contribution in [0.4, 0.5) is 0 Å². The van der Waals surface area contributed by atoms with Crippen molar-refractivity contribution in [2.24, 2.45) is 0 Å². The highest BCUT2D eigenvalue weighted by molar-refractivity contribution is 5.76. The van der Waals surface area contributed by atoms with Gasteiger partial charge in [0.25, 0.3) is 0 Å². The van der Waals surface area contributed by atoms with E-state index in [9.17, 15) is 5.11 Å². The van der Waals surface area contributed by atoms with Crippen molar-refractivity contribution in [1.82, 2.24) is 19.4 Å². The number of aromatic hydroxyl groups is 1. The van der Waals surface area contributed by atoms with Gasteiger partial charge in [-0.25, -0.2) is 4.98 Å². The fraction of sp³-hybridized carbons (Fsp3) is 0.455. The zero-order valence-electron chi connectivity index (χ0n) is 16.5. The molecule has 0 atom stereocenters. The lowest BCUT2D eigenvalue weighted by molar-refractivity contribution is 0.0372. The smallest absolute Gasteiger partial charge is 0.138 e. The number of nitrogens with zero attached hydrogens (tertiary/aromatic N) is 4. The summed E-state index contributed by atoms with van der Waals surface area (Å²) in [5, 5.41) is 10.2. The van der Waals surface area contributed by atoms with Gasteiger partial charge in [0.1, 0.15) is 17.3 Å². The van der Waals surface area contributed by atoms with E-state index in [2.05, 4.69) is 20.5 Å². The van der Waals surface area contributed by atoms with E-state index >= 15 is 0 Å². The van der Waals surface area contributed by atoms with Crippen molar-refractivity contribution in [3.63, 3.8) is 0 Å². The van der Waals surface area contributed by atoms with Crippen LogP contribution in [0.5, 0.6) is 5.75 Å². The van der Waals surface area contributed by atoms with Crippen LogP contribution in [0.3, 0.4) is 0 Å². The molecule has 0 amide bonds. The van der Waals surface area contributed by atoms with Gasteiger partial charge in [-0.2, -0.15) is 0 Å². The third-order valence-corrected chi connectivity index (χ3v) is 5.36. The first-order chi connectivity index (χ1) is 13.7. The van der Waals surface area contributed by atoms with Crippen molar-refractivity contribution in [2.45, 2.75) is 32.7 Å². The number of pyridine rings is 1. The average Bonchev–Trinajstić information content (AvgIpc) is 3.06. The highest BCUT2D eigenvalue weighted by Crippen LogP contribution is 2.22. The van der Waals surface area contributed by atoms with E-state index in [1.165, 1.54) is 0 Å². The molecule has 28 heavy (non-hydrogen) atoms. The van der Waals surface area contributed by atoms with Crippen LogP contribution in [0, 0.1) is 6.92 Å². The van der Waals surface area contributed by atoms with E-state index in [0.717, 1.165) is 74.7 Å². The number of rotatable bonds is 7. The summed E-state index contributed by atoms with van der Waals surface area (Å²) in [4.78, 5) is 11.9. The summed E-state index contributed by atoms with van der Waals surface area (Å²) in [6, 6.07) is 11.7. The fourth-order valence-electron chi connectivity index (χ4n) is 3.81. The molecule has 0 spiro atoms. The maximum Gasteiger partial charge on any atom is 0.138 e.